The quantitative estimate of drug-likeness (QED) is 0.510. The zero-order valence-electron chi connectivity index (χ0n) is 12.2. The minimum Gasteiger partial charge on any atom is -0.398 e. The van der Waals surface area contributed by atoms with Crippen molar-refractivity contribution in [2.45, 2.75) is 5.92 Å². The van der Waals surface area contributed by atoms with E-state index in [4.69, 9.17) is 17.2 Å². The molecule has 22 heavy (non-hydrogen) atoms. The summed E-state index contributed by atoms with van der Waals surface area (Å²) in [4.78, 5) is 0. The van der Waals surface area contributed by atoms with Gasteiger partial charge in [-0.1, -0.05) is 48.5 Å². The van der Waals surface area contributed by atoms with E-state index in [-0.39, 0.29) is 5.92 Å². The maximum absolute atomic E-state index is 6.21. The number of hydrogen-bond acceptors (Lipinski definition) is 3. The summed E-state index contributed by atoms with van der Waals surface area (Å²) < 4.78 is 0. The number of nitrogen functional groups attached to an aromatic ring is 3. The van der Waals surface area contributed by atoms with Crippen molar-refractivity contribution >= 4 is 17.1 Å². The van der Waals surface area contributed by atoms with Crippen LogP contribution in [-0.4, -0.2) is 0 Å². The molecule has 0 aliphatic rings. The van der Waals surface area contributed by atoms with E-state index in [1.54, 1.807) is 6.07 Å². The highest BCUT2D eigenvalue weighted by atomic mass is 14.6. The Labute approximate surface area is 130 Å². The summed E-state index contributed by atoms with van der Waals surface area (Å²) in [5, 5.41) is 0. The first-order valence-corrected chi connectivity index (χ1v) is 7.12. The van der Waals surface area contributed by atoms with Crippen molar-refractivity contribution in [2.75, 3.05) is 17.2 Å². The summed E-state index contributed by atoms with van der Waals surface area (Å²) >= 11 is 0. The molecule has 109 valence electrons. The lowest BCUT2D eigenvalue weighted by atomic mass is 9.83. The number of hydrogen-bond donors (Lipinski definition) is 3. The monoisotopic (exact) mass is 288 g/mol. The van der Waals surface area contributed by atoms with Crippen LogP contribution in [0.2, 0.25) is 0 Å². The summed E-state index contributed by atoms with van der Waals surface area (Å²) in [6.07, 6.45) is 0. The van der Waals surface area contributed by atoms with E-state index in [2.05, 4.69) is 6.07 Å². The van der Waals surface area contributed by atoms with E-state index >= 15 is 0 Å². The molecule has 3 rings (SSSR count). The molecular weight excluding hydrogens is 270 g/mol. The van der Waals surface area contributed by atoms with Gasteiger partial charge in [-0.05, 0) is 41.0 Å². The van der Waals surface area contributed by atoms with E-state index in [0.717, 1.165) is 28.1 Å². The van der Waals surface area contributed by atoms with Crippen LogP contribution in [0.5, 0.6) is 0 Å². The van der Waals surface area contributed by atoms with Gasteiger partial charge in [-0.25, -0.2) is 0 Å². The molecule has 0 unspecified atom stereocenters. The van der Waals surface area contributed by atoms with Crippen LogP contribution in [0.25, 0.3) is 0 Å². The van der Waals surface area contributed by atoms with Gasteiger partial charge in [0.2, 0.25) is 0 Å². The number of para-hydroxylation sites is 2. The van der Waals surface area contributed by atoms with Crippen molar-refractivity contribution in [2.24, 2.45) is 0 Å². The normalized spacial score (nSPS) is 10.8. The lowest BCUT2D eigenvalue weighted by Gasteiger charge is -2.23. The van der Waals surface area contributed by atoms with Gasteiger partial charge in [0.15, 0.2) is 0 Å². The molecule has 0 fully saturated rings. The summed E-state index contributed by atoms with van der Waals surface area (Å²) in [5.41, 5.74) is 23.7. The molecule has 6 N–H and O–H groups in total. The summed E-state index contributed by atoms with van der Waals surface area (Å²) in [5.74, 6) is -0.100. The molecule has 1 radical (unpaired) electrons. The minimum atomic E-state index is -0.100. The predicted octanol–water partition coefficient (Wildman–Crippen LogP) is 3.41. The second-order valence-electron chi connectivity index (χ2n) is 5.25. The van der Waals surface area contributed by atoms with E-state index < -0.39 is 0 Å². The van der Waals surface area contributed by atoms with Crippen LogP contribution in [0, 0.1) is 6.07 Å². The molecule has 3 nitrogen and oxygen atoms in total. The van der Waals surface area contributed by atoms with Crippen LogP contribution in [-0.2, 0) is 0 Å². The topological polar surface area (TPSA) is 78.1 Å². The molecule has 0 bridgehead atoms. The summed E-state index contributed by atoms with van der Waals surface area (Å²) in [6.45, 7) is 0. The number of benzene rings is 3. The highest BCUT2D eigenvalue weighted by Gasteiger charge is 2.22. The Morgan fingerprint density at radius 3 is 1.64 bits per heavy atom. The fourth-order valence-electron chi connectivity index (χ4n) is 2.77. The van der Waals surface area contributed by atoms with Crippen molar-refractivity contribution in [1.29, 1.82) is 0 Å². The Morgan fingerprint density at radius 1 is 0.636 bits per heavy atom. The Bertz CT molecular complexity index is 688. The molecule has 0 aliphatic carbocycles. The van der Waals surface area contributed by atoms with Gasteiger partial charge in [-0.15, -0.1) is 0 Å². The van der Waals surface area contributed by atoms with Crippen LogP contribution in [0.15, 0.2) is 66.7 Å². The number of nitrogens with two attached hydrogens (primary N) is 3. The van der Waals surface area contributed by atoms with Crippen LogP contribution in [0.1, 0.15) is 22.6 Å². The fraction of sp³-hybridized carbons (Fsp3) is 0.0526. The smallest absolute Gasteiger partial charge is 0.0400 e. The largest absolute Gasteiger partial charge is 0.398 e. The first-order chi connectivity index (χ1) is 10.7. The van der Waals surface area contributed by atoms with E-state index in [1.807, 2.05) is 60.7 Å². The van der Waals surface area contributed by atoms with Gasteiger partial charge in [-0.3, -0.25) is 0 Å². The average molecular weight is 288 g/mol. The molecule has 0 saturated heterocycles. The average Bonchev–Trinajstić information content (AvgIpc) is 2.53. The Balaban J connectivity index is 2.27. The Morgan fingerprint density at radius 2 is 1.14 bits per heavy atom. The van der Waals surface area contributed by atoms with Crippen molar-refractivity contribution in [3.05, 3.63) is 89.5 Å². The lowest BCUT2D eigenvalue weighted by molar-refractivity contribution is 0.988. The standard InChI is InChI=1S/C19H18N3/c20-16-10-4-1-7-13(16)19(14-8-2-5-11-17(14)21)15-9-3-6-12-18(15)22/h1-5,7-12,19H,20-22H2. The van der Waals surface area contributed by atoms with Crippen LogP contribution < -0.4 is 17.2 Å². The van der Waals surface area contributed by atoms with E-state index in [0.29, 0.717) is 5.69 Å². The first-order valence-electron chi connectivity index (χ1n) is 7.12. The van der Waals surface area contributed by atoms with E-state index in [9.17, 15) is 0 Å². The molecule has 3 aromatic rings. The van der Waals surface area contributed by atoms with Crippen molar-refractivity contribution in [1.82, 2.24) is 0 Å². The van der Waals surface area contributed by atoms with Crippen LogP contribution >= 0.6 is 0 Å². The predicted molar refractivity (Wildman–Crippen MR) is 92.3 cm³/mol. The molecule has 0 spiro atoms. The van der Waals surface area contributed by atoms with Crippen molar-refractivity contribution in [3.8, 4) is 0 Å². The van der Waals surface area contributed by atoms with E-state index in [1.165, 1.54) is 0 Å². The summed E-state index contributed by atoms with van der Waals surface area (Å²) in [7, 11) is 0. The third-order valence-corrected chi connectivity index (χ3v) is 3.86. The maximum Gasteiger partial charge on any atom is 0.0400 e. The molecular formula is C19H18N3. The molecule has 0 heterocycles. The van der Waals surface area contributed by atoms with Gasteiger partial charge in [0, 0.05) is 23.0 Å². The zero-order chi connectivity index (χ0) is 15.5. The van der Waals surface area contributed by atoms with Crippen molar-refractivity contribution < 1.29 is 0 Å². The molecule has 3 aromatic carbocycles. The Kier molecular flexibility index (Phi) is 3.71. The lowest BCUT2D eigenvalue weighted by Crippen LogP contribution is -2.10. The molecule has 0 amide bonds. The minimum absolute atomic E-state index is 0.100. The molecule has 3 heteroatoms. The zero-order valence-corrected chi connectivity index (χ0v) is 12.2. The van der Waals surface area contributed by atoms with Gasteiger partial charge in [0.25, 0.3) is 0 Å². The maximum atomic E-state index is 6.21. The second-order valence-corrected chi connectivity index (χ2v) is 5.25. The third kappa shape index (κ3) is 2.49. The number of rotatable bonds is 3. The molecule has 0 atom stereocenters. The van der Waals surface area contributed by atoms with Gasteiger partial charge >= 0.3 is 0 Å². The third-order valence-electron chi connectivity index (χ3n) is 3.86. The van der Waals surface area contributed by atoms with Crippen LogP contribution in [0.3, 0.4) is 0 Å². The van der Waals surface area contributed by atoms with Gasteiger partial charge in [0.05, 0.1) is 0 Å². The summed E-state index contributed by atoms with van der Waals surface area (Å²) in [6, 6.07) is 24.2. The highest BCUT2D eigenvalue weighted by Crippen LogP contribution is 2.39. The van der Waals surface area contributed by atoms with Gasteiger partial charge in [-0.2, -0.15) is 0 Å². The molecule has 0 aromatic heterocycles. The van der Waals surface area contributed by atoms with Gasteiger partial charge in [0.1, 0.15) is 0 Å². The Hall–Kier alpha value is -2.94. The second kappa shape index (κ2) is 5.82. The van der Waals surface area contributed by atoms with Gasteiger partial charge < -0.3 is 17.2 Å². The highest BCUT2D eigenvalue weighted by molar-refractivity contribution is 5.65. The fourth-order valence-corrected chi connectivity index (χ4v) is 2.77. The number of anilines is 3. The molecule has 0 aliphatic heterocycles. The molecule has 0 saturated carbocycles. The SMILES string of the molecule is Nc1c[c]ccc1C(c1ccccc1N)c1ccccc1N. The van der Waals surface area contributed by atoms with Crippen molar-refractivity contribution in [3.63, 3.8) is 0 Å². The van der Waals surface area contributed by atoms with Crippen LogP contribution in [0.4, 0.5) is 17.1 Å². The first kappa shape index (κ1) is 14.0.